The minimum atomic E-state index is -1.93. The Hall–Kier alpha value is -1.70. The zero-order valence-electron chi connectivity index (χ0n) is 33.6. The number of aliphatic hydroxyl groups excluding tert-OH is 3. The lowest BCUT2D eigenvalue weighted by Gasteiger charge is -2.45. The van der Waals surface area contributed by atoms with Gasteiger partial charge in [0.2, 0.25) is 0 Å². The Labute approximate surface area is 314 Å². The maximum absolute atomic E-state index is 13.1. The SMILES string of the molecule is CCCCCCCC/C=C\CCCCCCCC(=O)OC(CCC)(OC(=O)CCCCCCC/C=C\CCCCCCCC)C(CO)(CO)CO. The maximum Gasteiger partial charge on any atom is 0.309 e. The van der Waals surface area contributed by atoms with Crippen LogP contribution in [0.25, 0.3) is 0 Å². The molecule has 0 amide bonds. The molecule has 0 unspecified atom stereocenters. The first-order chi connectivity index (χ1) is 24.9. The lowest BCUT2D eigenvalue weighted by atomic mass is 9.78. The van der Waals surface area contributed by atoms with Gasteiger partial charge in [-0.2, -0.15) is 0 Å². The van der Waals surface area contributed by atoms with Crippen molar-refractivity contribution in [3.05, 3.63) is 24.3 Å². The van der Waals surface area contributed by atoms with Crippen LogP contribution in [0.1, 0.15) is 213 Å². The summed E-state index contributed by atoms with van der Waals surface area (Å²) < 4.78 is 11.7. The van der Waals surface area contributed by atoms with Gasteiger partial charge >= 0.3 is 11.9 Å². The van der Waals surface area contributed by atoms with Gasteiger partial charge in [0.1, 0.15) is 5.41 Å². The summed E-state index contributed by atoms with van der Waals surface area (Å²) in [6.07, 6.45) is 40.1. The lowest BCUT2D eigenvalue weighted by molar-refractivity contribution is -0.296. The van der Waals surface area contributed by atoms with E-state index in [-0.39, 0.29) is 19.3 Å². The van der Waals surface area contributed by atoms with E-state index in [9.17, 15) is 24.9 Å². The third kappa shape index (κ3) is 25.0. The van der Waals surface area contributed by atoms with Crippen molar-refractivity contribution in [2.24, 2.45) is 5.41 Å². The average molecular weight is 723 g/mol. The Morgan fingerprint density at radius 1 is 0.431 bits per heavy atom. The zero-order valence-corrected chi connectivity index (χ0v) is 33.6. The summed E-state index contributed by atoms with van der Waals surface area (Å²) >= 11 is 0. The van der Waals surface area contributed by atoms with Crippen molar-refractivity contribution in [2.75, 3.05) is 19.8 Å². The number of allylic oxidation sites excluding steroid dienone is 4. The van der Waals surface area contributed by atoms with Crippen LogP contribution in [0.15, 0.2) is 24.3 Å². The van der Waals surface area contributed by atoms with Crippen molar-refractivity contribution in [3.63, 3.8) is 0 Å². The monoisotopic (exact) mass is 723 g/mol. The van der Waals surface area contributed by atoms with Gasteiger partial charge in [0, 0.05) is 19.3 Å². The zero-order chi connectivity index (χ0) is 37.7. The van der Waals surface area contributed by atoms with E-state index in [0.717, 1.165) is 64.2 Å². The second-order valence-electron chi connectivity index (χ2n) is 14.9. The smallest absolute Gasteiger partial charge is 0.309 e. The van der Waals surface area contributed by atoms with E-state index in [1.807, 2.05) is 6.92 Å². The topological polar surface area (TPSA) is 113 Å². The highest BCUT2D eigenvalue weighted by atomic mass is 16.7. The van der Waals surface area contributed by atoms with Crippen molar-refractivity contribution in [1.29, 1.82) is 0 Å². The van der Waals surface area contributed by atoms with Gasteiger partial charge < -0.3 is 24.8 Å². The number of aliphatic hydroxyl groups is 3. The minimum absolute atomic E-state index is 0.0743. The van der Waals surface area contributed by atoms with Crippen LogP contribution in [0.5, 0.6) is 0 Å². The third-order valence-electron chi connectivity index (χ3n) is 10.1. The normalized spacial score (nSPS) is 12.4. The second kappa shape index (κ2) is 35.3. The largest absolute Gasteiger partial charge is 0.422 e. The summed E-state index contributed by atoms with van der Waals surface area (Å²) in [5.41, 5.74) is -1.71. The van der Waals surface area contributed by atoms with Crippen LogP contribution in [-0.2, 0) is 19.1 Å². The van der Waals surface area contributed by atoms with Crippen LogP contribution in [0.3, 0.4) is 0 Å². The first-order valence-electron chi connectivity index (χ1n) is 21.5. The van der Waals surface area contributed by atoms with Gasteiger partial charge in [0.15, 0.2) is 0 Å². The lowest BCUT2D eigenvalue weighted by Crippen LogP contribution is -2.60. The van der Waals surface area contributed by atoms with Crippen LogP contribution in [-0.4, -0.2) is 52.9 Å². The minimum Gasteiger partial charge on any atom is -0.422 e. The first kappa shape index (κ1) is 49.3. The molecule has 7 heteroatoms. The molecule has 0 aliphatic rings. The number of rotatable bonds is 38. The summed E-state index contributed by atoms with van der Waals surface area (Å²) in [5.74, 6) is -3.03. The Bertz CT molecular complexity index is 786. The molecule has 0 spiro atoms. The molecule has 7 nitrogen and oxygen atoms in total. The number of esters is 2. The van der Waals surface area contributed by atoms with Gasteiger partial charge in [-0.25, -0.2) is 0 Å². The molecule has 0 heterocycles. The molecule has 0 bridgehead atoms. The number of carbonyl (C=O) groups is 2. The molecule has 0 aromatic heterocycles. The van der Waals surface area contributed by atoms with Gasteiger partial charge in [0.05, 0.1) is 19.8 Å². The molecule has 0 aromatic rings. The quantitative estimate of drug-likeness (QED) is 0.0252. The molecule has 300 valence electrons. The molecule has 0 aromatic carbocycles. The second-order valence-corrected chi connectivity index (χ2v) is 14.9. The first-order valence-corrected chi connectivity index (χ1v) is 21.5. The van der Waals surface area contributed by atoms with E-state index < -0.39 is 43.0 Å². The molecule has 0 saturated heterocycles. The van der Waals surface area contributed by atoms with Crippen molar-refractivity contribution < 1.29 is 34.4 Å². The molecular weight excluding hydrogens is 640 g/mol. The van der Waals surface area contributed by atoms with Crippen LogP contribution in [0, 0.1) is 5.41 Å². The highest BCUT2D eigenvalue weighted by Crippen LogP contribution is 2.40. The Kier molecular flexibility index (Phi) is 34.2. The summed E-state index contributed by atoms with van der Waals surface area (Å²) in [4.78, 5) is 26.2. The molecule has 0 fully saturated rings. The number of ether oxygens (including phenoxy) is 2. The van der Waals surface area contributed by atoms with Gasteiger partial charge in [-0.1, -0.05) is 148 Å². The number of unbranched alkanes of at least 4 members (excludes halogenated alkanes) is 22. The van der Waals surface area contributed by atoms with E-state index in [0.29, 0.717) is 19.3 Å². The molecule has 0 aliphatic heterocycles. The van der Waals surface area contributed by atoms with Crippen molar-refractivity contribution in [2.45, 2.75) is 219 Å². The van der Waals surface area contributed by atoms with Gasteiger partial charge in [-0.15, -0.1) is 0 Å². The van der Waals surface area contributed by atoms with Gasteiger partial charge in [-0.3, -0.25) is 9.59 Å². The van der Waals surface area contributed by atoms with E-state index >= 15 is 0 Å². The standard InChI is InChI=1S/C44H82O7/c1-4-7-9-11-13-15-17-19-21-23-25-27-29-31-33-35-41(48)50-44(37-6-3,43(38-45,39-46)40-47)51-42(49)36-34-32-30-28-26-24-22-20-18-16-14-12-10-8-5-2/h19-22,45-47H,4-18,23-40H2,1-3H3/b21-19-,22-20-. The van der Waals surface area contributed by atoms with Gasteiger partial charge in [-0.05, 0) is 70.6 Å². The Balaban J connectivity index is 4.57. The van der Waals surface area contributed by atoms with E-state index in [4.69, 9.17) is 9.47 Å². The Morgan fingerprint density at radius 2 is 0.725 bits per heavy atom. The summed E-state index contributed by atoms with van der Waals surface area (Å²) in [6, 6.07) is 0. The van der Waals surface area contributed by atoms with Crippen LogP contribution < -0.4 is 0 Å². The fourth-order valence-electron chi connectivity index (χ4n) is 6.60. The third-order valence-corrected chi connectivity index (χ3v) is 10.1. The van der Waals surface area contributed by atoms with Crippen molar-refractivity contribution >= 4 is 11.9 Å². The predicted octanol–water partition coefficient (Wildman–Crippen LogP) is 11.6. The number of hydrogen-bond acceptors (Lipinski definition) is 7. The molecule has 0 aliphatic carbocycles. The molecule has 3 N–H and O–H groups in total. The van der Waals surface area contributed by atoms with E-state index in [2.05, 4.69) is 38.2 Å². The molecule has 0 radical (unpaired) electrons. The fourth-order valence-corrected chi connectivity index (χ4v) is 6.60. The maximum atomic E-state index is 13.1. The van der Waals surface area contributed by atoms with Gasteiger partial charge in [0.25, 0.3) is 5.79 Å². The number of carbonyl (C=O) groups excluding carboxylic acids is 2. The summed E-state index contributed by atoms with van der Waals surface area (Å²) in [6.45, 7) is 4.26. The van der Waals surface area contributed by atoms with Crippen molar-refractivity contribution in [1.82, 2.24) is 0 Å². The molecule has 0 atom stereocenters. The average Bonchev–Trinajstić information content (AvgIpc) is 3.12. The fraction of sp³-hybridized carbons (Fsp3) is 0.864. The van der Waals surface area contributed by atoms with Crippen LogP contribution in [0.4, 0.5) is 0 Å². The molecular formula is C44H82O7. The number of hydrogen-bond donors (Lipinski definition) is 3. The van der Waals surface area contributed by atoms with E-state index in [1.165, 1.54) is 89.9 Å². The molecule has 0 saturated carbocycles. The summed E-state index contributed by atoms with van der Waals surface area (Å²) in [5, 5.41) is 30.9. The predicted molar refractivity (Wildman–Crippen MR) is 212 cm³/mol. The van der Waals surface area contributed by atoms with E-state index in [1.54, 1.807) is 0 Å². The Morgan fingerprint density at radius 3 is 1.02 bits per heavy atom. The highest BCUT2D eigenvalue weighted by Gasteiger charge is 2.57. The summed E-state index contributed by atoms with van der Waals surface area (Å²) in [7, 11) is 0. The highest BCUT2D eigenvalue weighted by molar-refractivity contribution is 5.72. The van der Waals surface area contributed by atoms with Crippen molar-refractivity contribution in [3.8, 4) is 0 Å². The van der Waals surface area contributed by atoms with Crippen LogP contribution in [0.2, 0.25) is 0 Å². The molecule has 51 heavy (non-hydrogen) atoms. The van der Waals surface area contributed by atoms with Crippen LogP contribution >= 0.6 is 0 Å². The molecule has 0 rings (SSSR count).